The molecule has 2 N–H and O–H groups in total. The van der Waals surface area contributed by atoms with Crippen molar-refractivity contribution in [2.45, 2.75) is 26.2 Å². The van der Waals surface area contributed by atoms with Crippen LogP contribution in [0.1, 0.15) is 26.2 Å². The largest absolute Gasteiger partial charge is 0.481 e. The quantitative estimate of drug-likeness (QED) is 0.101. The fourth-order valence-corrected chi connectivity index (χ4v) is 3.43. The number of carboxylic acids is 1. The maximum Gasteiger partial charge on any atom is 0.331 e. The summed E-state index contributed by atoms with van der Waals surface area (Å²) in [6, 6.07) is 0. The lowest BCUT2D eigenvalue weighted by atomic mass is 10.3. The summed E-state index contributed by atoms with van der Waals surface area (Å²) < 4.78 is 30.7. The molecule has 14 nitrogen and oxygen atoms in total. The van der Waals surface area contributed by atoms with Crippen LogP contribution >= 0.6 is 11.8 Å². The second-order valence-electron chi connectivity index (χ2n) is 7.75. The summed E-state index contributed by atoms with van der Waals surface area (Å²) in [4.78, 5) is 58.5. The Kier molecular flexibility index (Phi) is 24.4. The van der Waals surface area contributed by atoms with Crippen LogP contribution in [-0.4, -0.2) is 137 Å². The van der Waals surface area contributed by atoms with E-state index in [4.69, 9.17) is 28.8 Å². The second kappa shape index (κ2) is 26.0. The van der Waals surface area contributed by atoms with Crippen molar-refractivity contribution in [2.24, 2.45) is 0 Å². The Morgan fingerprint density at radius 2 is 1.33 bits per heavy atom. The van der Waals surface area contributed by atoms with Crippen molar-refractivity contribution in [3.63, 3.8) is 0 Å². The maximum atomic E-state index is 12.3. The Labute approximate surface area is 233 Å². The average Bonchev–Trinajstić information content (AvgIpc) is 2.89. The van der Waals surface area contributed by atoms with Crippen molar-refractivity contribution in [1.29, 1.82) is 0 Å². The van der Waals surface area contributed by atoms with E-state index >= 15 is 0 Å². The monoisotopic (exact) mass is 582 g/mol. The van der Waals surface area contributed by atoms with E-state index in [2.05, 4.69) is 10.1 Å². The number of thioether (sulfide) groups is 1. The number of hydrogen-bond acceptors (Lipinski definition) is 12. The van der Waals surface area contributed by atoms with E-state index in [1.807, 2.05) is 0 Å². The van der Waals surface area contributed by atoms with Gasteiger partial charge in [-0.1, -0.05) is 0 Å². The molecule has 0 fully saturated rings. The number of hydrogen-bond donors (Lipinski definition) is 2. The molecule has 0 rings (SSSR count). The number of methoxy groups -OCH3 is 1. The van der Waals surface area contributed by atoms with Crippen molar-refractivity contribution in [3.05, 3.63) is 0 Å². The van der Waals surface area contributed by atoms with Gasteiger partial charge in [-0.3, -0.25) is 24.1 Å². The van der Waals surface area contributed by atoms with Crippen molar-refractivity contribution >= 4 is 41.4 Å². The van der Waals surface area contributed by atoms with Crippen LogP contribution in [0.5, 0.6) is 0 Å². The number of amides is 3. The van der Waals surface area contributed by atoms with E-state index in [0.29, 0.717) is 57.8 Å². The van der Waals surface area contributed by atoms with E-state index in [1.54, 1.807) is 0 Å². The Morgan fingerprint density at radius 1 is 0.744 bits per heavy atom. The highest BCUT2D eigenvalue weighted by atomic mass is 32.2. The smallest absolute Gasteiger partial charge is 0.331 e. The standard InChI is InChI=1S/C24H42N2O12S/c1-20(27)26(22(29)5-17-39-18-16-38-19-24(32)33-2)7-3-21(28)25-6-9-35-11-13-37-15-14-36-12-10-34-8-4-23(30)31/h3-19H2,1-2H3,(H,25,28)(H,30,31). The molecule has 0 heterocycles. The summed E-state index contributed by atoms with van der Waals surface area (Å²) in [5, 5.41) is 11.1. The SMILES string of the molecule is COC(=O)COCCSCCC(=O)N(CCC(=O)NCCOCCOCCOCCOCCC(=O)O)C(C)=O. The minimum Gasteiger partial charge on any atom is -0.481 e. The lowest BCUT2D eigenvalue weighted by Gasteiger charge is -2.19. The van der Waals surface area contributed by atoms with Gasteiger partial charge in [-0.15, -0.1) is 0 Å². The van der Waals surface area contributed by atoms with E-state index in [1.165, 1.54) is 25.8 Å². The second-order valence-corrected chi connectivity index (χ2v) is 8.97. The summed E-state index contributed by atoms with van der Waals surface area (Å²) in [5.41, 5.74) is 0. The fourth-order valence-electron chi connectivity index (χ4n) is 2.67. The van der Waals surface area contributed by atoms with Gasteiger partial charge in [0.05, 0.1) is 73.0 Å². The third kappa shape index (κ3) is 24.5. The summed E-state index contributed by atoms with van der Waals surface area (Å²) in [7, 11) is 1.28. The molecule has 0 aliphatic rings. The lowest BCUT2D eigenvalue weighted by molar-refractivity contribution is -0.146. The zero-order valence-corrected chi connectivity index (χ0v) is 23.6. The van der Waals surface area contributed by atoms with Crippen LogP contribution in [0, 0.1) is 0 Å². The van der Waals surface area contributed by atoms with Gasteiger partial charge in [0, 0.05) is 44.4 Å². The maximum absolute atomic E-state index is 12.3. The average molecular weight is 583 g/mol. The minimum absolute atomic E-state index is 0.00185. The van der Waals surface area contributed by atoms with Gasteiger partial charge in [-0.05, 0) is 0 Å². The molecule has 0 aromatic heterocycles. The summed E-state index contributed by atoms with van der Waals surface area (Å²) >= 11 is 1.46. The van der Waals surface area contributed by atoms with E-state index in [9.17, 15) is 24.0 Å². The zero-order chi connectivity index (χ0) is 29.1. The summed E-state index contributed by atoms with van der Waals surface area (Å²) in [6.45, 7) is 4.37. The third-order valence-electron chi connectivity index (χ3n) is 4.67. The molecule has 0 aromatic carbocycles. The number of nitrogens with one attached hydrogen (secondary N) is 1. The van der Waals surface area contributed by atoms with Crippen LogP contribution in [0.25, 0.3) is 0 Å². The molecular formula is C24H42N2O12S. The van der Waals surface area contributed by atoms with E-state index in [-0.39, 0.29) is 64.0 Å². The van der Waals surface area contributed by atoms with E-state index < -0.39 is 17.8 Å². The van der Waals surface area contributed by atoms with Crippen LogP contribution in [0.3, 0.4) is 0 Å². The molecule has 0 bridgehead atoms. The number of rotatable bonds is 26. The number of nitrogens with zero attached hydrogens (tertiary/aromatic N) is 1. The molecule has 226 valence electrons. The van der Waals surface area contributed by atoms with Crippen LogP contribution in [0.2, 0.25) is 0 Å². The highest BCUT2D eigenvalue weighted by Crippen LogP contribution is 2.06. The number of imide groups is 1. The van der Waals surface area contributed by atoms with Crippen molar-refractivity contribution in [1.82, 2.24) is 10.2 Å². The van der Waals surface area contributed by atoms with Gasteiger partial charge in [0.25, 0.3) is 0 Å². The number of aliphatic carboxylic acids is 1. The summed E-state index contributed by atoms with van der Waals surface area (Å²) in [6.07, 6.45) is 0.106. The van der Waals surface area contributed by atoms with Crippen molar-refractivity contribution < 1.29 is 57.5 Å². The molecule has 3 amide bonds. The predicted molar refractivity (Wildman–Crippen MR) is 140 cm³/mol. The predicted octanol–water partition coefficient (Wildman–Crippen LogP) is -0.278. The number of ether oxygens (including phenoxy) is 6. The van der Waals surface area contributed by atoms with Gasteiger partial charge in [0.15, 0.2) is 0 Å². The molecule has 0 aliphatic carbocycles. The Balaban J connectivity index is 3.69. The van der Waals surface area contributed by atoms with Gasteiger partial charge < -0.3 is 38.8 Å². The Morgan fingerprint density at radius 3 is 1.90 bits per heavy atom. The first-order chi connectivity index (χ1) is 18.8. The van der Waals surface area contributed by atoms with Gasteiger partial charge in [-0.2, -0.15) is 11.8 Å². The Hall–Kier alpha value is -2.30. The highest BCUT2D eigenvalue weighted by molar-refractivity contribution is 7.99. The topological polar surface area (TPSA) is 176 Å². The molecule has 0 saturated carbocycles. The highest BCUT2D eigenvalue weighted by Gasteiger charge is 2.18. The molecular weight excluding hydrogens is 540 g/mol. The first kappa shape index (κ1) is 36.7. The molecule has 0 aliphatic heterocycles. The molecule has 0 radical (unpaired) electrons. The molecule has 0 saturated heterocycles. The lowest BCUT2D eigenvalue weighted by Crippen LogP contribution is -2.39. The molecule has 0 atom stereocenters. The van der Waals surface area contributed by atoms with Gasteiger partial charge in [0.1, 0.15) is 6.61 Å². The Bertz CT molecular complexity index is 711. The van der Waals surface area contributed by atoms with Crippen LogP contribution in [0.4, 0.5) is 0 Å². The number of carboxylic acid groups (broad SMARTS) is 1. The third-order valence-corrected chi connectivity index (χ3v) is 5.62. The minimum atomic E-state index is -0.903. The summed E-state index contributed by atoms with van der Waals surface area (Å²) in [5.74, 6) is -1.35. The van der Waals surface area contributed by atoms with Crippen molar-refractivity contribution in [2.75, 3.05) is 97.8 Å². The molecule has 39 heavy (non-hydrogen) atoms. The number of carbonyl (C=O) groups excluding carboxylic acids is 4. The van der Waals surface area contributed by atoms with Crippen LogP contribution in [0.15, 0.2) is 0 Å². The zero-order valence-electron chi connectivity index (χ0n) is 22.8. The van der Waals surface area contributed by atoms with E-state index in [0.717, 1.165) is 4.90 Å². The molecule has 0 aromatic rings. The molecule has 0 unspecified atom stereocenters. The molecule has 15 heteroatoms. The van der Waals surface area contributed by atoms with Gasteiger partial charge in [-0.25, -0.2) is 4.79 Å². The first-order valence-corrected chi connectivity index (χ1v) is 13.8. The molecule has 0 spiro atoms. The van der Waals surface area contributed by atoms with Crippen LogP contribution in [-0.2, 0) is 52.4 Å². The number of esters is 1. The van der Waals surface area contributed by atoms with Crippen molar-refractivity contribution in [3.8, 4) is 0 Å². The van der Waals surface area contributed by atoms with Crippen LogP contribution < -0.4 is 5.32 Å². The van der Waals surface area contributed by atoms with Gasteiger partial charge >= 0.3 is 11.9 Å². The van der Waals surface area contributed by atoms with Gasteiger partial charge in [0.2, 0.25) is 17.7 Å². The first-order valence-electron chi connectivity index (χ1n) is 12.6. The normalized spacial score (nSPS) is 10.7. The number of carbonyl (C=O) groups is 5. The fraction of sp³-hybridized carbons (Fsp3) is 0.792.